The van der Waals surface area contributed by atoms with Gasteiger partial charge in [-0.1, -0.05) is 36.5 Å². The molecule has 0 aromatic rings. The molecule has 0 bridgehead atoms. The lowest BCUT2D eigenvalue weighted by Crippen LogP contribution is -2.34. The van der Waals surface area contributed by atoms with Gasteiger partial charge >= 0.3 is 0 Å². The lowest BCUT2D eigenvalue weighted by molar-refractivity contribution is -0.129. The van der Waals surface area contributed by atoms with E-state index in [9.17, 15) is 9.59 Å². The standard InChI is InChI=1S/C30H42N6O2/c1-25(37)35-21-9-17-31-27-13-5-3-7-15-29(27)33-19-11-23-36(26(2)38)24-12-20-34-30-16-8-4-6-14-28(30)32-18-10-22-35/h3-8,13-16,31-32H,9-12,17-24H2,1-2H3. The third-order valence-electron chi connectivity index (χ3n) is 6.50. The number of carbonyl (C=O) groups excluding carboxylic acids is 2. The smallest absolute Gasteiger partial charge is 0.219 e. The zero-order valence-corrected chi connectivity index (χ0v) is 22.9. The van der Waals surface area contributed by atoms with E-state index in [1.54, 1.807) is 13.8 Å². The molecule has 0 radical (unpaired) electrons. The molecule has 38 heavy (non-hydrogen) atoms. The zero-order valence-electron chi connectivity index (χ0n) is 22.9. The van der Waals surface area contributed by atoms with Gasteiger partial charge in [0.25, 0.3) is 0 Å². The fourth-order valence-electron chi connectivity index (χ4n) is 4.41. The molecule has 0 saturated heterocycles. The first-order valence-corrected chi connectivity index (χ1v) is 13.7. The van der Waals surface area contributed by atoms with E-state index in [2.05, 4.69) is 10.6 Å². The second-order valence-corrected chi connectivity index (χ2v) is 9.46. The molecule has 3 aliphatic rings. The first-order valence-electron chi connectivity index (χ1n) is 13.7. The molecule has 0 fully saturated rings. The van der Waals surface area contributed by atoms with E-state index in [4.69, 9.17) is 9.98 Å². The van der Waals surface area contributed by atoms with Crippen LogP contribution in [0.15, 0.2) is 82.1 Å². The monoisotopic (exact) mass is 518 g/mol. The summed E-state index contributed by atoms with van der Waals surface area (Å²) in [7, 11) is 0. The van der Waals surface area contributed by atoms with Crippen molar-refractivity contribution in [1.29, 1.82) is 0 Å². The summed E-state index contributed by atoms with van der Waals surface area (Å²) in [5, 5.41) is 7.00. The van der Waals surface area contributed by atoms with Crippen LogP contribution in [-0.2, 0) is 9.59 Å². The number of aliphatic imine (C=N–C) groups is 2. The zero-order chi connectivity index (χ0) is 27.0. The van der Waals surface area contributed by atoms with Crippen LogP contribution in [-0.4, -0.2) is 85.4 Å². The lowest BCUT2D eigenvalue weighted by atomic mass is 10.2. The van der Waals surface area contributed by atoms with Gasteiger partial charge in [-0.3, -0.25) is 19.6 Å². The van der Waals surface area contributed by atoms with Crippen molar-refractivity contribution in [2.45, 2.75) is 39.5 Å². The Morgan fingerprint density at radius 3 is 1.47 bits per heavy atom. The Labute approximate surface area is 227 Å². The van der Waals surface area contributed by atoms with E-state index in [-0.39, 0.29) is 11.8 Å². The average molecular weight is 519 g/mol. The van der Waals surface area contributed by atoms with E-state index in [0.717, 1.165) is 61.6 Å². The van der Waals surface area contributed by atoms with E-state index in [1.807, 2.05) is 70.6 Å². The Morgan fingerprint density at radius 1 is 0.632 bits per heavy atom. The molecule has 0 aromatic carbocycles. The molecule has 1 aliphatic heterocycles. The van der Waals surface area contributed by atoms with E-state index >= 15 is 0 Å². The van der Waals surface area contributed by atoms with Crippen molar-refractivity contribution in [2.75, 3.05) is 52.4 Å². The predicted octanol–water partition coefficient (Wildman–Crippen LogP) is 3.34. The Bertz CT molecular complexity index is 991. The lowest BCUT2D eigenvalue weighted by Gasteiger charge is -2.22. The Morgan fingerprint density at radius 2 is 1.05 bits per heavy atom. The maximum atomic E-state index is 12.2. The van der Waals surface area contributed by atoms with Crippen molar-refractivity contribution in [1.82, 2.24) is 20.4 Å². The average Bonchev–Trinajstić information content (AvgIpc) is 3.26. The first-order chi connectivity index (χ1) is 18.5. The van der Waals surface area contributed by atoms with Gasteiger partial charge in [-0.2, -0.15) is 0 Å². The van der Waals surface area contributed by atoms with Crippen LogP contribution in [0.3, 0.4) is 0 Å². The summed E-state index contributed by atoms with van der Waals surface area (Å²) in [6, 6.07) is 0. The number of hydrogen-bond acceptors (Lipinski definition) is 6. The van der Waals surface area contributed by atoms with E-state index < -0.39 is 0 Å². The summed E-state index contributed by atoms with van der Waals surface area (Å²) in [5.41, 5.74) is 3.78. The molecule has 0 saturated carbocycles. The molecule has 8 nitrogen and oxygen atoms in total. The van der Waals surface area contributed by atoms with Gasteiger partial charge in [-0.05, 0) is 50.0 Å². The number of rotatable bonds is 0. The molecule has 0 spiro atoms. The summed E-state index contributed by atoms with van der Waals surface area (Å²) in [6.45, 7) is 8.80. The summed E-state index contributed by atoms with van der Waals surface area (Å²) < 4.78 is 0. The maximum absolute atomic E-state index is 12.2. The molecule has 0 aromatic heterocycles. The molecule has 3 rings (SSSR count). The first kappa shape index (κ1) is 28.9. The molecule has 204 valence electrons. The minimum absolute atomic E-state index is 0.0843. The van der Waals surface area contributed by atoms with Crippen molar-refractivity contribution in [2.24, 2.45) is 9.98 Å². The Kier molecular flexibility index (Phi) is 12.3. The largest absolute Gasteiger partial charge is 0.383 e. The summed E-state index contributed by atoms with van der Waals surface area (Å²) in [6.07, 6.45) is 23.3. The highest BCUT2D eigenvalue weighted by atomic mass is 16.2. The molecule has 2 aliphatic carbocycles. The number of amides is 2. The van der Waals surface area contributed by atoms with Crippen LogP contribution in [0, 0.1) is 0 Å². The predicted molar refractivity (Wildman–Crippen MR) is 156 cm³/mol. The Balaban J connectivity index is 1.71. The van der Waals surface area contributed by atoms with Crippen LogP contribution in [0.1, 0.15) is 39.5 Å². The molecule has 2 N–H and O–H groups in total. The molecule has 0 unspecified atom stereocenters. The third-order valence-corrected chi connectivity index (χ3v) is 6.50. The van der Waals surface area contributed by atoms with Gasteiger partial charge in [0.2, 0.25) is 11.8 Å². The molecular formula is C30H42N6O2. The van der Waals surface area contributed by atoms with Gasteiger partial charge in [0, 0.05) is 66.2 Å². The number of allylic oxidation sites excluding steroid dienone is 10. The van der Waals surface area contributed by atoms with Gasteiger partial charge in [-0.15, -0.1) is 0 Å². The van der Waals surface area contributed by atoms with Gasteiger partial charge in [0.1, 0.15) is 0 Å². The van der Waals surface area contributed by atoms with Crippen molar-refractivity contribution >= 4 is 23.2 Å². The molecular weight excluding hydrogens is 476 g/mol. The normalized spacial score (nSPS) is 20.4. The van der Waals surface area contributed by atoms with Gasteiger partial charge in [0.15, 0.2) is 0 Å². The van der Waals surface area contributed by atoms with Crippen LogP contribution < -0.4 is 10.6 Å². The quantitative estimate of drug-likeness (QED) is 0.515. The summed E-state index contributed by atoms with van der Waals surface area (Å²) in [4.78, 5) is 37.9. The minimum Gasteiger partial charge on any atom is -0.383 e. The fraction of sp³-hybridized carbons (Fsp3) is 0.467. The molecule has 8 heteroatoms. The van der Waals surface area contributed by atoms with Gasteiger partial charge < -0.3 is 20.4 Å². The second kappa shape index (κ2) is 16.2. The van der Waals surface area contributed by atoms with Crippen LogP contribution in [0.5, 0.6) is 0 Å². The second-order valence-electron chi connectivity index (χ2n) is 9.46. The molecule has 1 heterocycles. The van der Waals surface area contributed by atoms with Crippen LogP contribution >= 0.6 is 0 Å². The third kappa shape index (κ3) is 10.00. The topological polar surface area (TPSA) is 89.4 Å². The highest BCUT2D eigenvalue weighted by Gasteiger charge is 2.12. The summed E-state index contributed by atoms with van der Waals surface area (Å²) >= 11 is 0. The number of fused-ring (bicyclic) bond motifs is 2. The molecule has 2 amide bonds. The number of nitrogens with zero attached hydrogens (tertiary/aromatic N) is 4. The van der Waals surface area contributed by atoms with Crippen molar-refractivity contribution in [3.63, 3.8) is 0 Å². The highest BCUT2D eigenvalue weighted by molar-refractivity contribution is 6.09. The molecule has 0 atom stereocenters. The van der Waals surface area contributed by atoms with Crippen molar-refractivity contribution < 1.29 is 9.59 Å². The number of hydrogen-bond donors (Lipinski definition) is 2. The fourth-order valence-corrected chi connectivity index (χ4v) is 4.41. The number of carbonyl (C=O) groups is 2. The SMILES string of the molecule is CC(=O)N1CCCN=C2C=CC=CC=C2NCCCN(C(C)=O)CCCNC2=CC=CC=CC2=NCCC1. The van der Waals surface area contributed by atoms with Crippen LogP contribution in [0.4, 0.5) is 0 Å². The van der Waals surface area contributed by atoms with Crippen LogP contribution in [0.2, 0.25) is 0 Å². The maximum Gasteiger partial charge on any atom is 0.219 e. The van der Waals surface area contributed by atoms with Crippen molar-refractivity contribution in [3.05, 3.63) is 72.2 Å². The number of nitrogens with one attached hydrogen (secondary N) is 2. The van der Waals surface area contributed by atoms with Gasteiger partial charge in [0.05, 0.1) is 22.8 Å². The van der Waals surface area contributed by atoms with E-state index in [0.29, 0.717) is 39.3 Å². The minimum atomic E-state index is 0.0843. The Hall–Kier alpha value is -3.68. The van der Waals surface area contributed by atoms with E-state index in [1.165, 1.54) is 0 Å². The van der Waals surface area contributed by atoms with Crippen molar-refractivity contribution in [3.8, 4) is 0 Å². The summed E-state index contributed by atoms with van der Waals surface area (Å²) in [5.74, 6) is 0.184. The highest BCUT2D eigenvalue weighted by Crippen LogP contribution is 2.07. The van der Waals surface area contributed by atoms with Gasteiger partial charge in [-0.25, -0.2) is 0 Å². The van der Waals surface area contributed by atoms with Crippen LogP contribution in [0.25, 0.3) is 0 Å².